The summed E-state index contributed by atoms with van der Waals surface area (Å²) in [5, 5.41) is 0. The van der Waals surface area contributed by atoms with Crippen LogP contribution in [0.3, 0.4) is 0 Å². The van der Waals surface area contributed by atoms with Crippen LogP contribution in [0.15, 0.2) is 18.2 Å². The van der Waals surface area contributed by atoms with Gasteiger partial charge in [0.05, 0.1) is 0 Å². The number of carbonyl (C=O) groups excluding carboxylic acids is 1. The molecule has 1 unspecified atom stereocenters. The molecular formula is C14H21NO. The second kappa shape index (κ2) is 5.26. The molecule has 0 fully saturated rings. The maximum atomic E-state index is 12.3. The van der Waals surface area contributed by atoms with Crippen molar-refractivity contribution in [1.29, 1.82) is 0 Å². The van der Waals surface area contributed by atoms with Crippen LogP contribution in [0.4, 0.5) is 0 Å². The number of hydrogen-bond donors (Lipinski definition) is 1. The molecule has 2 heteroatoms. The minimum Gasteiger partial charge on any atom is -0.330 e. The quantitative estimate of drug-likeness (QED) is 0.791. The lowest BCUT2D eigenvalue weighted by atomic mass is 9.86. The summed E-state index contributed by atoms with van der Waals surface area (Å²) in [6, 6.07) is 5.98. The van der Waals surface area contributed by atoms with Crippen molar-refractivity contribution in [3.05, 3.63) is 34.9 Å². The van der Waals surface area contributed by atoms with Gasteiger partial charge in [-0.25, -0.2) is 0 Å². The van der Waals surface area contributed by atoms with Crippen molar-refractivity contribution in [2.24, 2.45) is 17.6 Å². The highest BCUT2D eigenvalue weighted by atomic mass is 16.1. The number of ketones is 1. The minimum atomic E-state index is -0.0690. The summed E-state index contributed by atoms with van der Waals surface area (Å²) in [5.41, 5.74) is 8.66. The van der Waals surface area contributed by atoms with Gasteiger partial charge in [0.15, 0.2) is 5.78 Å². The highest BCUT2D eigenvalue weighted by Gasteiger charge is 2.23. The van der Waals surface area contributed by atoms with Gasteiger partial charge in [-0.1, -0.05) is 31.5 Å². The van der Waals surface area contributed by atoms with Crippen molar-refractivity contribution >= 4 is 5.78 Å². The molecule has 2 nitrogen and oxygen atoms in total. The Morgan fingerprint density at radius 1 is 1.31 bits per heavy atom. The van der Waals surface area contributed by atoms with Crippen LogP contribution in [0.25, 0.3) is 0 Å². The Balaban J connectivity index is 3.08. The molecule has 1 aromatic rings. The molecule has 0 aromatic heterocycles. The van der Waals surface area contributed by atoms with Crippen LogP contribution in [0.5, 0.6) is 0 Å². The zero-order valence-corrected chi connectivity index (χ0v) is 10.6. The molecule has 16 heavy (non-hydrogen) atoms. The standard InChI is InChI=1S/C14H21NO/c1-9(2)13(8-15)14(16)12-7-10(3)5-6-11(12)4/h5-7,9,13H,8,15H2,1-4H3. The molecule has 1 atom stereocenters. The highest BCUT2D eigenvalue weighted by Crippen LogP contribution is 2.20. The molecule has 0 aliphatic heterocycles. The maximum absolute atomic E-state index is 12.3. The number of carbonyl (C=O) groups is 1. The second-order valence-corrected chi connectivity index (χ2v) is 4.77. The van der Waals surface area contributed by atoms with E-state index in [4.69, 9.17) is 5.73 Å². The van der Waals surface area contributed by atoms with Gasteiger partial charge >= 0.3 is 0 Å². The van der Waals surface area contributed by atoms with E-state index in [9.17, 15) is 4.79 Å². The largest absolute Gasteiger partial charge is 0.330 e. The molecule has 0 spiro atoms. The first-order chi connectivity index (χ1) is 7.47. The maximum Gasteiger partial charge on any atom is 0.167 e. The summed E-state index contributed by atoms with van der Waals surface area (Å²) in [5.74, 6) is 0.400. The Hall–Kier alpha value is -1.15. The smallest absolute Gasteiger partial charge is 0.167 e. The molecule has 0 bridgehead atoms. The van der Waals surface area contributed by atoms with Crippen LogP contribution < -0.4 is 5.73 Å². The molecular weight excluding hydrogens is 198 g/mol. The lowest BCUT2D eigenvalue weighted by Gasteiger charge is -2.18. The van der Waals surface area contributed by atoms with Gasteiger partial charge in [-0.3, -0.25) is 4.79 Å². The molecule has 0 aliphatic carbocycles. The first-order valence-corrected chi connectivity index (χ1v) is 5.79. The Morgan fingerprint density at radius 2 is 1.94 bits per heavy atom. The molecule has 88 valence electrons. The van der Waals surface area contributed by atoms with Crippen LogP contribution in [0.2, 0.25) is 0 Å². The second-order valence-electron chi connectivity index (χ2n) is 4.77. The minimum absolute atomic E-state index is 0.0690. The fraction of sp³-hybridized carbons (Fsp3) is 0.500. The SMILES string of the molecule is Cc1ccc(C)c(C(=O)C(CN)C(C)C)c1. The van der Waals surface area contributed by atoms with Crippen molar-refractivity contribution in [3.63, 3.8) is 0 Å². The van der Waals surface area contributed by atoms with Crippen molar-refractivity contribution in [3.8, 4) is 0 Å². The number of hydrogen-bond acceptors (Lipinski definition) is 2. The Bertz CT molecular complexity index is 382. The number of rotatable bonds is 4. The molecule has 1 aromatic carbocycles. The third kappa shape index (κ3) is 2.70. The van der Waals surface area contributed by atoms with E-state index in [0.29, 0.717) is 6.54 Å². The molecule has 0 heterocycles. The third-order valence-corrected chi connectivity index (χ3v) is 3.05. The predicted molar refractivity (Wildman–Crippen MR) is 67.6 cm³/mol. The summed E-state index contributed by atoms with van der Waals surface area (Å²) >= 11 is 0. The van der Waals surface area contributed by atoms with Crippen molar-refractivity contribution in [1.82, 2.24) is 0 Å². The summed E-state index contributed by atoms with van der Waals surface area (Å²) < 4.78 is 0. The summed E-state index contributed by atoms with van der Waals surface area (Å²) in [6.07, 6.45) is 0. The molecule has 0 radical (unpaired) electrons. The lowest BCUT2D eigenvalue weighted by molar-refractivity contribution is 0.0891. The van der Waals surface area contributed by atoms with Gasteiger partial charge in [0.1, 0.15) is 0 Å². The first kappa shape index (κ1) is 12.9. The normalized spacial score (nSPS) is 12.9. The van der Waals surface area contributed by atoms with Gasteiger partial charge in [0.25, 0.3) is 0 Å². The topological polar surface area (TPSA) is 43.1 Å². The van der Waals surface area contributed by atoms with Crippen LogP contribution in [0.1, 0.15) is 35.3 Å². The van der Waals surface area contributed by atoms with Crippen molar-refractivity contribution in [2.45, 2.75) is 27.7 Å². The van der Waals surface area contributed by atoms with Crippen LogP contribution >= 0.6 is 0 Å². The Morgan fingerprint density at radius 3 is 2.44 bits per heavy atom. The van der Waals surface area contributed by atoms with E-state index in [2.05, 4.69) is 0 Å². The fourth-order valence-electron chi connectivity index (χ4n) is 1.88. The Kier molecular flexibility index (Phi) is 4.25. The van der Waals surface area contributed by atoms with E-state index in [0.717, 1.165) is 16.7 Å². The molecule has 2 N–H and O–H groups in total. The molecule has 1 rings (SSSR count). The molecule has 0 amide bonds. The van der Waals surface area contributed by atoms with E-state index in [1.165, 1.54) is 0 Å². The van der Waals surface area contributed by atoms with Gasteiger partial charge in [-0.15, -0.1) is 0 Å². The summed E-state index contributed by atoms with van der Waals surface area (Å²) in [4.78, 5) is 12.3. The third-order valence-electron chi connectivity index (χ3n) is 3.05. The van der Waals surface area contributed by atoms with E-state index >= 15 is 0 Å². The average molecular weight is 219 g/mol. The predicted octanol–water partition coefficient (Wildman–Crippen LogP) is 2.72. The van der Waals surface area contributed by atoms with E-state index < -0.39 is 0 Å². The van der Waals surface area contributed by atoms with E-state index in [-0.39, 0.29) is 17.6 Å². The molecule has 0 saturated carbocycles. The molecule has 0 saturated heterocycles. The first-order valence-electron chi connectivity index (χ1n) is 5.79. The zero-order valence-electron chi connectivity index (χ0n) is 10.6. The summed E-state index contributed by atoms with van der Waals surface area (Å²) in [7, 11) is 0. The number of benzene rings is 1. The lowest BCUT2D eigenvalue weighted by Crippen LogP contribution is -2.29. The van der Waals surface area contributed by atoms with Crippen molar-refractivity contribution < 1.29 is 4.79 Å². The van der Waals surface area contributed by atoms with Gasteiger partial charge in [-0.05, 0) is 31.4 Å². The van der Waals surface area contributed by atoms with Crippen molar-refractivity contribution in [2.75, 3.05) is 6.54 Å². The van der Waals surface area contributed by atoms with Gasteiger partial charge in [0, 0.05) is 18.0 Å². The monoisotopic (exact) mass is 219 g/mol. The summed E-state index contributed by atoms with van der Waals surface area (Å²) in [6.45, 7) is 8.48. The number of Topliss-reactive ketones (excluding diaryl/α,β-unsaturated/α-hetero) is 1. The van der Waals surface area contributed by atoms with Crippen LogP contribution in [0, 0.1) is 25.7 Å². The van der Waals surface area contributed by atoms with Crippen LogP contribution in [-0.4, -0.2) is 12.3 Å². The van der Waals surface area contributed by atoms with Gasteiger partial charge in [-0.2, -0.15) is 0 Å². The van der Waals surface area contributed by atoms with Crippen LogP contribution in [-0.2, 0) is 0 Å². The highest BCUT2D eigenvalue weighted by molar-refractivity contribution is 5.99. The average Bonchev–Trinajstić information content (AvgIpc) is 2.22. The Labute approximate surface area is 97.9 Å². The fourth-order valence-corrected chi connectivity index (χ4v) is 1.88. The van der Waals surface area contributed by atoms with E-state index in [1.54, 1.807) is 0 Å². The van der Waals surface area contributed by atoms with E-state index in [1.807, 2.05) is 45.9 Å². The number of aryl methyl sites for hydroxylation is 2. The van der Waals surface area contributed by atoms with Gasteiger partial charge in [0.2, 0.25) is 0 Å². The molecule has 0 aliphatic rings. The van der Waals surface area contributed by atoms with Gasteiger partial charge < -0.3 is 5.73 Å². The zero-order chi connectivity index (χ0) is 12.3. The number of nitrogens with two attached hydrogens (primary N) is 1.